The second-order valence-corrected chi connectivity index (χ2v) is 9.79. The highest BCUT2D eigenvalue weighted by atomic mass is 16.2. The highest BCUT2D eigenvalue weighted by Gasteiger charge is 2.41. The molecule has 0 spiro atoms. The van der Waals surface area contributed by atoms with E-state index < -0.39 is 0 Å². The van der Waals surface area contributed by atoms with Crippen molar-refractivity contribution in [2.45, 2.75) is 32.7 Å². The van der Waals surface area contributed by atoms with Crippen LogP contribution in [-0.2, 0) is 23.7 Å². The summed E-state index contributed by atoms with van der Waals surface area (Å²) in [5, 5.41) is 4.58. The smallest absolute Gasteiger partial charge is 0.328 e. The van der Waals surface area contributed by atoms with Crippen molar-refractivity contribution in [3.05, 3.63) is 75.5 Å². The van der Waals surface area contributed by atoms with Gasteiger partial charge in [-0.1, -0.05) is 12.1 Å². The number of nitrogens with one attached hydrogen (secondary N) is 1. The van der Waals surface area contributed by atoms with E-state index in [1.54, 1.807) is 23.2 Å². The Morgan fingerprint density at radius 1 is 1.03 bits per heavy atom. The zero-order chi connectivity index (χ0) is 24.8. The first-order valence-electron chi connectivity index (χ1n) is 11.8. The summed E-state index contributed by atoms with van der Waals surface area (Å²) in [6, 6.07) is 12.3. The van der Waals surface area contributed by atoms with Gasteiger partial charge in [0, 0.05) is 55.9 Å². The molecule has 2 amide bonds. The van der Waals surface area contributed by atoms with E-state index in [2.05, 4.69) is 36.0 Å². The van der Waals surface area contributed by atoms with Gasteiger partial charge >= 0.3 is 5.69 Å². The van der Waals surface area contributed by atoms with Crippen LogP contribution in [-0.4, -0.2) is 37.0 Å². The van der Waals surface area contributed by atoms with Crippen LogP contribution in [0.3, 0.4) is 0 Å². The predicted molar refractivity (Wildman–Crippen MR) is 135 cm³/mol. The number of aryl methyl sites for hydroxylation is 2. The fourth-order valence-electron chi connectivity index (χ4n) is 5.71. The second-order valence-electron chi connectivity index (χ2n) is 9.79. The molecule has 0 aliphatic carbocycles. The van der Waals surface area contributed by atoms with Gasteiger partial charge in [-0.15, -0.1) is 0 Å². The number of fused-ring (bicyclic) bond motifs is 1. The lowest BCUT2D eigenvalue weighted by Gasteiger charge is -2.20. The van der Waals surface area contributed by atoms with Gasteiger partial charge in [0.1, 0.15) is 0 Å². The van der Waals surface area contributed by atoms with Crippen LogP contribution >= 0.6 is 0 Å². The Hall–Kier alpha value is -4.07. The maximum atomic E-state index is 13.7. The molecule has 0 saturated heterocycles. The highest BCUT2D eigenvalue weighted by molar-refractivity contribution is 6.11. The molecule has 0 bridgehead atoms. The Balaban J connectivity index is 1.69. The molecule has 0 fully saturated rings. The molecular formula is C27H27N5O3. The van der Waals surface area contributed by atoms with Crippen molar-refractivity contribution in [2.75, 3.05) is 11.9 Å². The maximum absolute atomic E-state index is 13.7. The number of aromatic nitrogens is 3. The molecule has 2 aromatic heterocycles. The van der Waals surface area contributed by atoms with Gasteiger partial charge in [-0.3, -0.25) is 23.6 Å². The van der Waals surface area contributed by atoms with Gasteiger partial charge in [-0.05, 0) is 49.2 Å². The molecule has 2 aliphatic rings. The molecule has 35 heavy (non-hydrogen) atoms. The molecule has 4 aromatic rings. The molecule has 1 N–H and O–H groups in total. The Labute approximate surface area is 202 Å². The molecule has 0 saturated carbocycles. The van der Waals surface area contributed by atoms with Crippen molar-refractivity contribution < 1.29 is 9.59 Å². The van der Waals surface area contributed by atoms with Crippen LogP contribution in [0.15, 0.2) is 58.7 Å². The molecule has 8 heteroatoms. The van der Waals surface area contributed by atoms with Gasteiger partial charge in [0.15, 0.2) is 0 Å². The van der Waals surface area contributed by atoms with E-state index in [0.29, 0.717) is 5.57 Å². The van der Waals surface area contributed by atoms with Crippen LogP contribution in [0, 0.1) is 0 Å². The van der Waals surface area contributed by atoms with Gasteiger partial charge in [-0.25, -0.2) is 4.79 Å². The van der Waals surface area contributed by atoms with Gasteiger partial charge < -0.3 is 9.88 Å². The number of hydrogen-bond donors (Lipinski definition) is 1. The van der Waals surface area contributed by atoms with Crippen LogP contribution in [0.25, 0.3) is 21.9 Å². The van der Waals surface area contributed by atoms with Crippen molar-refractivity contribution >= 4 is 39.4 Å². The monoisotopic (exact) mass is 469 g/mol. The third-order valence-electron chi connectivity index (χ3n) is 7.46. The number of anilines is 1. The first-order chi connectivity index (χ1) is 16.7. The number of amides is 2. The van der Waals surface area contributed by atoms with Crippen molar-refractivity contribution in [2.24, 2.45) is 14.1 Å². The Kier molecular flexibility index (Phi) is 4.42. The van der Waals surface area contributed by atoms with E-state index in [9.17, 15) is 14.4 Å². The molecule has 6 rings (SSSR count). The van der Waals surface area contributed by atoms with E-state index in [1.807, 2.05) is 30.3 Å². The predicted octanol–water partition coefficient (Wildman–Crippen LogP) is 3.61. The third-order valence-corrected chi connectivity index (χ3v) is 7.46. The third kappa shape index (κ3) is 2.82. The summed E-state index contributed by atoms with van der Waals surface area (Å²) in [4.78, 5) is 39.9. The second kappa shape index (κ2) is 7.21. The first-order valence-corrected chi connectivity index (χ1v) is 11.8. The fraction of sp³-hybridized carbons (Fsp3) is 0.296. The summed E-state index contributed by atoms with van der Waals surface area (Å²) < 4.78 is 5.48. The Morgan fingerprint density at radius 2 is 1.77 bits per heavy atom. The molecule has 4 heterocycles. The van der Waals surface area contributed by atoms with Gasteiger partial charge in [-0.2, -0.15) is 0 Å². The fourth-order valence-corrected chi connectivity index (χ4v) is 5.71. The van der Waals surface area contributed by atoms with Crippen LogP contribution in [0.1, 0.15) is 43.9 Å². The molecule has 0 radical (unpaired) electrons. The molecule has 8 nitrogen and oxygen atoms in total. The SMILES string of the molecule is CC(=O)N1CC2=C(C1=O)[C@@H](c1ccc3c(c1)n(C)c(=O)n3C)c1cn(C(C)C)c3cccc(c13)N2. The minimum absolute atomic E-state index is 0.0991. The van der Waals surface area contributed by atoms with Crippen LogP contribution in [0.5, 0.6) is 0 Å². The van der Waals surface area contributed by atoms with E-state index >= 15 is 0 Å². The lowest BCUT2D eigenvalue weighted by atomic mass is 9.84. The normalized spacial score (nSPS) is 17.5. The Bertz CT molecular complexity index is 1680. The number of hydrogen-bond acceptors (Lipinski definition) is 4. The van der Waals surface area contributed by atoms with E-state index in [1.165, 1.54) is 11.8 Å². The molecular weight excluding hydrogens is 442 g/mol. The van der Waals surface area contributed by atoms with Crippen molar-refractivity contribution in [1.82, 2.24) is 18.6 Å². The molecule has 1 atom stereocenters. The molecule has 2 aromatic carbocycles. The average Bonchev–Trinajstić information content (AvgIpc) is 3.40. The first kappa shape index (κ1) is 21.5. The number of nitrogens with zero attached hydrogens (tertiary/aromatic N) is 4. The summed E-state index contributed by atoms with van der Waals surface area (Å²) in [5.74, 6) is -0.937. The quantitative estimate of drug-likeness (QED) is 0.486. The van der Waals surface area contributed by atoms with Crippen LogP contribution < -0.4 is 11.0 Å². The van der Waals surface area contributed by atoms with E-state index in [4.69, 9.17) is 0 Å². The number of rotatable bonds is 2. The summed E-state index contributed by atoms with van der Waals surface area (Å²) in [7, 11) is 3.52. The molecule has 0 unspecified atom stereocenters. The highest BCUT2D eigenvalue weighted by Crippen LogP contribution is 2.47. The zero-order valence-electron chi connectivity index (χ0n) is 20.4. The molecule has 2 aliphatic heterocycles. The van der Waals surface area contributed by atoms with Gasteiger partial charge in [0.05, 0.1) is 28.7 Å². The number of benzene rings is 2. The van der Waals surface area contributed by atoms with E-state index in [0.717, 1.165) is 44.4 Å². The minimum Gasteiger partial charge on any atom is -0.356 e. The summed E-state index contributed by atoms with van der Waals surface area (Å²) in [5.41, 5.74) is 6.81. The average molecular weight is 470 g/mol. The van der Waals surface area contributed by atoms with E-state index in [-0.39, 0.29) is 36.0 Å². The number of imidazole rings is 1. The summed E-state index contributed by atoms with van der Waals surface area (Å²) in [6.07, 6.45) is 2.14. The lowest BCUT2D eigenvalue weighted by molar-refractivity contribution is -0.139. The summed E-state index contributed by atoms with van der Waals surface area (Å²) >= 11 is 0. The molecule has 178 valence electrons. The van der Waals surface area contributed by atoms with Gasteiger partial charge in [0.2, 0.25) is 5.91 Å². The standard InChI is InChI=1S/C27H27N5O3/c1-14(2)31-12-17-23(16-9-10-20-22(11-16)30(5)27(35)29(20)4)25-19(13-32(15(3)33)26(25)34)28-18-7-6-8-21(31)24(17)18/h6-12,14,23,28H,13H2,1-5H3/t23-/m0/s1. The van der Waals surface area contributed by atoms with Crippen molar-refractivity contribution in [3.63, 3.8) is 0 Å². The van der Waals surface area contributed by atoms with Gasteiger partial charge in [0.25, 0.3) is 5.91 Å². The topological polar surface area (TPSA) is 81.3 Å². The van der Waals surface area contributed by atoms with Crippen molar-refractivity contribution in [1.29, 1.82) is 0 Å². The zero-order valence-corrected chi connectivity index (χ0v) is 20.4. The Morgan fingerprint density at radius 3 is 2.49 bits per heavy atom. The number of imide groups is 1. The summed E-state index contributed by atoms with van der Waals surface area (Å²) in [6.45, 7) is 5.92. The minimum atomic E-state index is -0.389. The van der Waals surface area contributed by atoms with Crippen molar-refractivity contribution in [3.8, 4) is 0 Å². The van der Waals surface area contributed by atoms with Crippen LogP contribution in [0.4, 0.5) is 5.69 Å². The number of carbonyl (C=O) groups excluding carboxylic acids is 2. The largest absolute Gasteiger partial charge is 0.356 e. The maximum Gasteiger partial charge on any atom is 0.328 e. The lowest BCUT2D eigenvalue weighted by Crippen LogP contribution is -2.33. The van der Waals surface area contributed by atoms with Crippen LogP contribution in [0.2, 0.25) is 0 Å². The number of carbonyl (C=O) groups is 2.